The van der Waals surface area contributed by atoms with Gasteiger partial charge in [-0.05, 0) is 16.4 Å². The molecular formula is C17H21FO5. The monoisotopic (exact) mass is 324 g/mol. The van der Waals surface area contributed by atoms with Crippen molar-refractivity contribution in [1.82, 2.24) is 0 Å². The van der Waals surface area contributed by atoms with E-state index in [1.165, 1.54) is 0 Å². The Bertz CT molecular complexity index is 691. The lowest BCUT2D eigenvalue weighted by Gasteiger charge is -2.30. The van der Waals surface area contributed by atoms with Crippen LogP contribution < -0.4 is 0 Å². The minimum absolute atomic E-state index is 0.108. The van der Waals surface area contributed by atoms with Gasteiger partial charge in [-0.3, -0.25) is 4.79 Å². The molecule has 2 N–H and O–H groups in total. The highest BCUT2D eigenvalue weighted by atomic mass is 19.1. The highest BCUT2D eigenvalue weighted by Crippen LogP contribution is 2.39. The van der Waals surface area contributed by atoms with Crippen LogP contribution in [0.4, 0.5) is 4.39 Å². The van der Waals surface area contributed by atoms with Crippen molar-refractivity contribution >= 4 is 18.2 Å². The van der Waals surface area contributed by atoms with Crippen molar-refractivity contribution in [3.63, 3.8) is 0 Å². The van der Waals surface area contributed by atoms with Crippen LogP contribution in [0.2, 0.25) is 0 Å². The number of rotatable bonds is 3. The molecule has 0 saturated carbocycles. The Morgan fingerprint density at radius 2 is 1.26 bits per heavy atom. The van der Waals surface area contributed by atoms with Crippen LogP contribution in [0.5, 0.6) is 0 Å². The summed E-state index contributed by atoms with van der Waals surface area (Å²) in [7, 11) is 0. The first-order valence-corrected chi connectivity index (χ1v) is 7.07. The van der Waals surface area contributed by atoms with Crippen LogP contribution in [0.15, 0.2) is 0 Å². The molecule has 0 radical (unpaired) electrons. The summed E-state index contributed by atoms with van der Waals surface area (Å²) in [5, 5.41) is 19.0. The van der Waals surface area contributed by atoms with Crippen LogP contribution in [0.3, 0.4) is 0 Å². The lowest BCUT2D eigenvalue weighted by Crippen LogP contribution is -2.29. The zero-order chi connectivity index (χ0) is 18.3. The van der Waals surface area contributed by atoms with E-state index in [2.05, 4.69) is 0 Å². The number of aromatic carboxylic acids is 2. The number of aldehydes is 1. The predicted molar refractivity (Wildman–Crippen MR) is 83.1 cm³/mol. The van der Waals surface area contributed by atoms with Crippen LogP contribution >= 0.6 is 0 Å². The average molecular weight is 324 g/mol. The Labute approximate surface area is 134 Å². The first-order valence-electron chi connectivity index (χ1n) is 7.07. The summed E-state index contributed by atoms with van der Waals surface area (Å²) in [4.78, 5) is 34.9. The van der Waals surface area contributed by atoms with Crippen molar-refractivity contribution in [2.45, 2.75) is 52.4 Å². The number of hydrogen-bond acceptors (Lipinski definition) is 3. The molecular weight excluding hydrogens is 303 g/mol. The highest BCUT2D eigenvalue weighted by molar-refractivity contribution is 6.04. The van der Waals surface area contributed by atoms with E-state index < -0.39 is 39.7 Å². The molecule has 126 valence electrons. The molecule has 0 aliphatic heterocycles. The number of carboxylic acids is 2. The molecule has 1 aromatic carbocycles. The van der Waals surface area contributed by atoms with Gasteiger partial charge in [0.1, 0.15) is 5.82 Å². The Hall–Kier alpha value is -2.24. The molecule has 0 amide bonds. The summed E-state index contributed by atoms with van der Waals surface area (Å²) in [5.74, 6) is -4.09. The first-order chi connectivity index (χ1) is 10.2. The number of carboxylic acid groups (broad SMARTS) is 2. The Kier molecular flexibility index (Phi) is 4.71. The van der Waals surface area contributed by atoms with Gasteiger partial charge in [-0.25, -0.2) is 14.0 Å². The van der Waals surface area contributed by atoms with E-state index in [9.17, 15) is 29.0 Å². The summed E-state index contributed by atoms with van der Waals surface area (Å²) < 4.78 is 15.0. The van der Waals surface area contributed by atoms with Crippen LogP contribution in [-0.4, -0.2) is 28.4 Å². The van der Waals surface area contributed by atoms with E-state index >= 15 is 0 Å². The molecule has 0 aliphatic carbocycles. The fourth-order valence-electron chi connectivity index (χ4n) is 2.76. The molecule has 6 heteroatoms. The summed E-state index contributed by atoms with van der Waals surface area (Å²) >= 11 is 0. The van der Waals surface area contributed by atoms with E-state index in [1.807, 2.05) is 0 Å². The Morgan fingerprint density at radius 3 is 1.52 bits per heavy atom. The summed E-state index contributed by atoms with van der Waals surface area (Å²) in [6.45, 7) is 9.50. The van der Waals surface area contributed by atoms with Crippen molar-refractivity contribution in [2.24, 2.45) is 0 Å². The van der Waals surface area contributed by atoms with Crippen molar-refractivity contribution in [1.29, 1.82) is 0 Å². The van der Waals surface area contributed by atoms with Gasteiger partial charge < -0.3 is 10.2 Å². The van der Waals surface area contributed by atoms with E-state index in [1.54, 1.807) is 41.5 Å². The topological polar surface area (TPSA) is 91.7 Å². The molecule has 1 rings (SSSR count). The number of halogens is 1. The molecule has 0 spiro atoms. The molecule has 0 bridgehead atoms. The van der Waals surface area contributed by atoms with E-state index in [0.717, 1.165) is 0 Å². The fourth-order valence-corrected chi connectivity index (χ4v) is 2.76. The zero-order valence-corrected chi connectivity index (χ0v) is 14.1. The second-order valence-corrected chi connectivity index (χ2v) is 7.46. The van der Waals surface area contributed by atoms with Crippen molar-refractivity contribution in [2.75, 3.05) is 0 Å². The van der Waals surface area contributed by atoms with Gasteiger partial charge in [0.15, 0.2) is 6.29 Å². The third kappa shape index (κ3) is 3.25. The molecule has 0 saturated heterocycles. The highest BCUT2D eigenvalue weighted by Gasteiger charge is 2.38. The molecule has 0 aromatic heterocycles. The fraction of sp³-hybridized carbons (Fsp3) is 0.471. The number of benzene rings is 1. The van der Waals surface area contributed by atoms with Crippen molar-refractivity contribution < 1.29 is 29.0 Å². The third-order valence-corrected chi connectivity index (χ3v) is 3.52. The molecule has 23 heavy (non-hydrogen) atoms. The predicted octanol–water partition coefficient (Wildman–Crippen LogP) is 3.63. The van der Waals surface area contributed by atoms with Gasteiger partial charge in [-0.1, -0.05) is 41.5 Å². The van der Waals surface area contributed by atoms with Gasteiger partial charge in [-0.2, -0.15) is 0 Å². The summed E-state index contributed by atoms with van der Waals surface area (Å²) in [5.41, 5.74) is -3.70. The van der Waals surface area contributed by atoms with Gasteiger partial charge in [0.05, 0.1) is 11.1 Å². The number of hydrogen-bond donors (Lipinski definition) is 2. The largest absolute Gasteiger partial charge is 0.478 e. The standard InChI is InChI=1S/C17H21FO5/c1-16(2,3)11-8(7-19)9(14(20)21)12(17(4,5)6)13(18)10(11)15(22)23/h7H,1-6H3,(H,20,21)(H,22,23). The second-order valence-electron chi connectivity index (χ2n) is 7.46. The van der Waals surface area contributed by atoms with Gasteiger partial charge in [0, 0.05) is 11.1 Å². The molecule has 5 nitrogen and oxygen atoms in total. The van der Waals surface area contributed by atoms with Gasteiger partial charge >= 0.3 is 11.9 Å². The van der Waals surface area contributed by atoms with Gasteiger partial charge in [0.2, 0.25) is 0 Å². The Morgan fingerprint density at radius 1 is 0.870 bits per heavy atom. The lowest BCUT2D eigenvalue weighted by molar-refractivity contribution is 0.0670. The SMILES string of the molecule is CC(C)(C)c1c(F)c(C(=O)O)c(C(C)(C)C)c(C=O)c1C(=O)O. The molecule has 0 atom stereocenters. The molecule has 0 fully saturated rings. The quantitative estimate of drug-likeness (QED) is 0.828. The number of carbonyl (C=O) groups is 3. The van der Waals surface area contributed by atoms with E-state index in [4.69, 9.17) is 0 Å². The minimum atomic E-state index is -1.53. The van der Waals surface area contributed by atoms with Crippen molar-refractivity contribution in [3.8, 4) is 0 Å². The minimum Gasteiger partial charge on any atom is -0.478 e. The Balaban J connectivity index is 4.31. The van der Waals surface area contributed by atoms with Gasteiger partial charge in [-0.15, -0.1) is 0 Å². The number of carbonyl (C=O) groups excluding carboxylic acids is 1. The van der Waals surface area contributed by atoms with E-state index in [-0.39, 0.29) is 16.7 Å². The first kappa shape index (κ1) is 18.8. The molecule has 0 heterocycles. The zero-order valence-electron chi connectivity index (χ0n) is 14.1. The maximum absolute atomic E-state index is 15.0. The molecule has 1 aromatic rings. The lowest BCUT2D eigenvalue weighted by atomic mass is 9.73. The van der Waals surface area contributed by atoms with Crippen LogP contribution in [0.25, 0.3) is 0 Å². The third-order valence-electron chi connectivity index (χ3n) is 3.52. The average Bonchev–Trinajstić information content (AvgIpc) is 2.33. The summed E-state index contributed by atoms with van der Waals surface area (Å²) in [6.07, 6.45) is 0.297. The normalized spacial score (nSPS) is 12.1. The maximum atomic E-state index is 15.0. The smallest absolute Gasteiger partial charge is 0.339 e. The van der Waals surface area contributed by atoms with Crippen LogP contribution in [-0.2, 0) is 10.8 Å². The summed E-state index contributed by atoms with van der Waals surface area (Å²) in [6, 6.07) is 0. The molecule has 0 unspecified atom stereocenters. The molecule has 0 aliphatic rings. The van der Waals surface area contributed by atoms with Crippen LogP contribution in [0, 0.1) is 5.82 Å². The van der Waals surface area contributed by atoms with Crippen molar-refractivity contribution in [3.05, 3.63) is 33.6 Å². The van der Waals surface area contributed by atoms with Gasteiger partial charge in [0.25, 0.3) is 0 Å². The second kappa shape index (κ2) is 5.76. The van der Waals surface area contributed by atoms with Crippen LogP contribution in [0.1, 0.15) is 83.7 Å². The maximum Gasteiger partial charge on any atom is 0.339 e. The van der Waals surface area contributed by atoms with E-state index in [0.29, 0.717) is 6.29 Å².